The smallest absolute Gasteiger partial charge is 0.251 e. The highest BCUT2D eigenvalue weighted by Gasteiger charge is 2.23. The number of hydrogen-bond acceptors (Lipinski definition) is 3. The van der Waals surface area contributed by atoms with E-state index in [1.54, 1.807) is 18.2 Å². The lowest BCUT2D eigenvalue weighted by Gasteiger charge is -2.35. The Morgan fingerprint density at radius 3 is 2.21 bits per heavy atom. The molecule has 4 rings (SSSR count). The average molecular weight is 375 g/mol. The minimum absolute atomic E-state index is 0.0228. The van der Waals surface area contributed by atoms with Crippen molar-refractivity contribution in [3.8, 4) is 0 Å². The Hall–Kier alpha value is -3.08. The van der Waals surface area contributed by atoms with Gasteiger partial charge in [-0.3, -0.25) is 9.59 Å². The number of piperazine rings is 1. The van der Waals surface area contributed by atoms with Gasteiger partial charge in [-0.15, -0.1) is 0 Å². The van der Waals surface area contributed by atoms with E-state index >= 15 is 0 Å². The molecule has 1 aliphatic carbocycles. The van der Waals surface area contributed by atoms with E-state index in [0.717, 1.165) is 44.6 Å². The van der Waals surface area contributed by atoms with Crippen LogP contribution in [-0.4, -0.2) is 48.9 Å². The summed E-state index contributed by atoms with van der Waals surface area (Å²) in [5.74, 6) is 0.00802. The van der Waals surface area contributed by atoms with E-state index in [4.69, 9.17) is 0 Å². The van der Waals surface area contributed by atoms with Gasteiger partial charge in [0.05, 0.1) is 0 Å². The number of rotatable bonds is 5. The summed E-state index contributed by atoms with van der Waals surface area (Å²) in [6, 6.07) is 18.0. The van der Waals surface area contributed by atoms with Gasteiger partial charge in [-0.2, -0.15) is 0 Å². The number of para-hydroxylation sites is 1. The highest BCUT2D eigenvalue weighted by molar-refractivity contribution is 5.95. The Morgan fingerprint density at radius 2 is 1.57 bits per heavy atom. The van der Waals surface area contributed by atoms with Crippen molar-refractivity contribution in [2.75, 3.05) is 31.1 Å². The quantitative estimate of drug-likeness (QED) is 0.818. The van der Waals surface area contributed by atoms with Crippen LogP contribution in [0, 0.1) is 0 Å². The molecule has 5 heteroatoms. The predicted octanol–water partition coefficient (Wildman–Crippen LogP) is 2.94. The lowest BCUT2D eigenvalue weighted by Crippen LogP contribution is -2.48. The van der Waals surface area contributed by atoms with E-state index < -0.39 is 0 Å². The number of nitrogens with zero attached hydrogens (tertiary/aromatic N) is 2. The normalized spacial score (nSPS) is 17.0. The summed E-state index contributed by atoms with van der Waals surface area (Å²) in [6.07, 6.45) is 5.59. The first-order valence-electron chi connectivity index (χ1n) is 9.87. The van der Waals surface area contributed by atoms with Gasteiger partial charge in [-0.25, -0.2) is 0 Å². The van der Waals surface area contributed by atoms with Crippen LogP contribution in [0.3, 0.4) is 0 Å². The zero-order chi connectivity index (χ0) is 19.3. The average Bonchev–Trinajstić information content (AvgIpc) is 3.57. The van der Waals surface area contributed by atoms with E-state index in [1.807, 2.05) is 41.3 Å². The lowest BCUT2D eigenvalue weighted by atomic mass is 10.1. The van der Waals surface area contributed by atoms with Crippen LogP contribution in [0.4, 0.5) is 5.69 Å². The number of carbonyl (C=O) groups is 2. The Morgan fingerprint density at radius 1 is 0.893 bits per heavy atom. The van der Waals surface area contributed by atoms with Crippen LogP contribution in [0.15, 0.2) is 60.7 Å². The highest BCUT2D eigenvalue weighted by atomic mass is 16.2. The molecule has 1 heterocycles. The molecule has 2 fully saturated rings. The number of benzene rings is 2. The third-order valence-corrected chi connectivity index (χ3v) is 5.22. The van der Waals surface area contributed by atoms with Crippen LogP contribution in [0.2, 0.25) is 0 Å². The molecule has 5 nitrogen and oxygen atoms in total. The lowest BCUT2D eigenvalue weighted by molar-refractivity contribution is -0.126. The summed E-state index contributed by atoms with van der Waals surface area (Å²) in [5, 5.41) is 2.98. The van der Waals surface area contributed by atoms with Gasteiger partial charge in [0.1, 0.15) is 0 Å². The second-order valence-electron chi connectivity index (χ2n) is 7.35. The van der Waals surface area contributed by atoms with Crippen LogP contribution < -0.4 is 10.2 Å². The molecule has 1 aliphatic heterocycles. The fraction of sp³-hybridized carbons (Fsp3) is 0.304. The van der Waals surface area contributed by atoms with E-state index in [9.17, 15) is 9.59 Å². The van der Waals surface area contributed by atoms with Crippen LogP contribution in [0.1, 0.15) is 28.8 Å². The fourth-order valence-electron chi connectivity index (χ4n) is 3.34. The van der Waals surface area contributed by atoms with Gasteiger partial charge in [0.2, 0.25) is 5.91 Å². The molecule has 1 N–H and O–H groups in total. The molecule has 2 aromatic carbocycles. The molecule has 28 heavy (non-hydrogen) atoms. The van der Waals surface area contributed by atoms with Gasteiger partial charge >= 0.3 is 0 Å². The standard InChI is InChI=1S/C23H25N3O2/c27-22(26-16-14-25(15-17-26)21-4-2-1-3-5-21)13-8-18-6-9-19(10-7-18)23(28)24-20-11-12-20/h1-10,13,20H,11-12,14-17H2,(H,24,28)/b13-8+. The van der Waals surface area contributed by atoms with E-state index in [2.05, 4.69) is 22.3 Å². The molecule has 1 saturated carbocycles. The maximum atomic E-state index is 12.5. The Balaban J connectivity index is 1.28. The Bertz CT molecular complexity index is 849. The zero-order valence-electron chi connectivity index (χ0n) is 15.9. The minimum atomic E-state index is -0.0228. The summed E-state index contributed by atoms with van der Waals surface area (Å²) in [5.41, 5.74) is 2.78. The molecule has 0 aromatic heterocycles. The second-order valence-corrected chi connectivity index (χ2v) is 7.35. The third-order valence-electron chi connectivity index (χ3n) is 5.22. The minimum Gasteiger partial charge on any atom is -0.368 e. The number of carbonyl (C=O) groups excluding carboxylic acids is 2. The van der Waals surface area contributed by atoms with E-state index in [0.29, 0.717) is 11.6 Å². The molecule has 0 radical (unpaired) electrons. The second kappa shape index (κ2) is 8.30. The monoisotopic (exact) mass is 375 g/mol. The maximum Gasteiger partial charge on any atom is 0.251 e. The van der Waals surface area contributed by atoms with Crippen LogP contribution in [0.5, 0.6) is 0 Å². The molecule has 0 unspecified atom stereocenters. The number of amides is 2. The van der Waals surface area contributed by atoms with Crippen molar-refractivity contribution < 1.29 is 9.59 Å². The molecule has 0 bridgehead atoms. The molecule has 0 spiro atoms. The van der Waals surface area contributed by atoms with Crippen molar-refractivity contribution in [1.82, 2.24) is 10.2 Å². The number of hydrogen-bond donors (Lipinski definition) is 1. The number of nitrogens with one attached hydrogen (secondary N) is 1. The SMILES string of the molecule is O=C(NC1CC1)c1ccc(/C=C/C(=O)N2CCN(c3ccccc3)CC2)cc1. The summed E-state index contributed by atoms with van der Waals surface area (Å²) < 4.78 is 0. The van der Waals surface area contributed by atoms with E-state index in [1.165, 1.54) is 5.69 Å². The first-order chi connectivity index (χ1) is 13.7. The first-order valence-corrected chi connectivity index (χ1v) is 9.87. The van der Waals surface area contributed by atoms with Crippen molar-refractivity contribution in [3.05, 3.63) is 71.8 Å². The van der Waals surface area contributed by atoms with Crippen molar-refractivity contribution in [2.45, 2.75) is 18.9 Å². The maximum absolute atomic E-state index is 12.5. The topological polar surface area (TPSA) is 52.7 Å². The van der Waals surface area contributed by atoms with Crippen LogP contribution in [0.25, 0.3) is 6.08 Å². The third kappa shape index (κ3) is 4.60. The predicted molar refractivity (Wildman–Crippen MR) is 111 cm³/mol. The van der Waals surface area contributed by atoms with Gasteiger partial charge in [0.15, 0.2) is 0 Å². The summed E-state index contributed by atoms with van der Waals surface area (Å²) in [6.45, 7) is 3.12. The summed E-state index contributed by atoms with van der Waals surface area (Å²) in [4.78, 5) is 28.7. The van der Waals surface area contributed by atoms with Gasteiger partial charge in [-0.05, 0) is 48.7 Å². The zero-order valence-corrected chi connectivity index (χ0v) is 15.9. The molecule has 144 valence electrons. The largest absolute Gasteiger partial charge is 0.368 e. The molecular weight excluding hydrogens is 350 g/mol. The summed E-state index contributed by atoms with van der Waals surface area (Å²) >= 11 is 0. The van der Waals surface area contributed by atoms with Gasteiger partial charge < -0.3 is 15.1 Å². The van der Waals surface area contributed by atoms with Gasteiger partial charge in [0.25, 0.3) is 5.91 Å². The van der Waals surface area contributed by atoms with Crippen LogP contribution in [-0.2, 0) is 4.79 Å². The van der Waals surface area contributed by atoms with Crippen molar-refractivity contribution in [3.63, 3.8) is 0 Å². The van der Waals surface area contributed by atoms with Gasteiger partial charge in [0, 0.05) is 49.5 Å². The fourth-order valence-corrected chi connectivity index (χ4v) is 3.34. The molecule has 0 atom stereocenters. The van der Waals surface area contributed by atoms with Crippen molar-refractivity contribution >= 4 is 23.6 Å². The molecular formula is C23H25N3O2. The Labute approximate surface area is 165 Å². The van der Waals surface area contributed by atoms with Crippen LogP contribution >= 0.6 is 0 Å². The molecule has 2 aliphatic rings. The molecule has 2 amide bonds. The molecule has 1 saturated heterocycles. The van der Waals surface area contributed by atoms with E-state index in [-0.39, 0.29) is 11.8 Å². The highest BCUT2D eigenvalue weighted by Crippen LogP contribution is 2.19. The van der Waals surface area contributed by atoms with Gasteiger partial charge in [-0.1, -0.05) is 30.3 Å². The summed E-state index contributed by atoms with van der Waals surface area (Å²) in [7, 11) is 0. The first kappa shape index (κ1) is 18.3. The van der Waals surface area contributed by atoms with Crippen molar-refractivity contribution in [2.24, 2.45) is 0 Å². The Kier molecular flexibility index (Phi) is 5.42. The molecule has 2 aromatic rings. The number of anilines is 1. The van der Waals surface area contributed by atoms with Crippen molar-refractivity contribution in [1.29, 1.82) is 0 Å².